The van der Waals surface area contributed by atoms with Gasteiger partial charge in [0.2, 0.25) is 5.91 Å². The standard InChI is InChI=1S/C13H21N3O/c1-13(2,3)11(9-14)16-12(17)8-10-4-6-15-7-5-10/h4-7,11H,8-9,14H2,1-3H3,(H,16,17). The summed E-state index contributed by atoms with van der Waals surface area (Å²) >= 11 is 0. The first-order valence-corrected chi connectivity index (χ1v) is 5.82. The molecule has 0 aliphatic heterocycles. The number of nitrogens with zero attached hydrogens (tertiary/aromatic N) is 1. The van der Waals surface area contributed by atoms with E-state index in [1.165, 1.54) is 0 Å². The molecule has 1 aromatic heterocycles. The van der Waals surface area contributed by atoms with Crippen molar-refractivity contribution in [3.8, 4) is 0 Å². The highest BCUT2D eigenvalue weighted by atomic mass is 16.1. The summed E-state index contributed by atoms with van der Waals surface area (Å²) < 4.78 is 0. The summed E-state index contributed by atoms with van der Waals surface area (Å²) in [5.41, 5.74) is 6.61. The molecule has 17 heavy (non-hydrogen) atoms. The molecule has 1 rings (SSSR count). The molecule has 0 aliphatic carbocycles. The normalized spacial score (nSPS) is 13.2. The van der Waals surface area contributed by atoms with Gasteiger partial charge in [-0.3, -0.25) is 9.78 Å². The molecule has 0 saturated carbocycles. The maximum Gasteiger partial charge on any atom is 0.224 e. The minimum absolute atomic E-state index is 0.00146. The van der Waals surface area contributed by atoms with Crippen molar-refractivity contribution in [2.24, 2.45) is 11.1 Å². The van der Waals surface area contributed by atoms with E-state index in [9.17, 15) is 4.79 Å². The van der Waals surface area contributed by atoms with Crippen molar-refractivity contribution < 1.29 is 4.79 Å². The Hall–Kier alpha value is -1.42. The topological polar surface area (TPSA) is 68.0 Å². The van der Waals surface area contributed by atoms with Gasteiger partial charge < -0.3 is 11.1 Å². The molecule has 3 N–H and O–H groups in total. The van der Waals surface area contributed by atoms with Gasteiger partial charge in [-0.1, -0.05) is 20.8 Å². The first-order chi connectivity index (χ1) is 7.93. The lowest BCUT2D eigenvalue weighted by molar-refractivity contribution is -0.121. The van der Waals surface area contributed by atoms with Crippen molar-refractivity contribution in [3.63, 3.8) is 0 Å². The average Bonchev–Trinajstić information content (AvgIpc) is 2.25. The summed E-state index contributed by atoms with van der Waals surface area (Å²) in [6, 6.07) is 3.68. The number of hydrogen-bond acceptors (Lipinski definition) is 3. The fraction of sp³-hybridized carbons (Fsp3) is 0.538. The molecule has 0 bridgehead atoms. The third-order valence-corrected chi connectivity index (χ3v) is 2.73. The van der Waals surface area contributed by atoms with E-state index < -0.39 is 0 Å². The van der Waals surface area contributed by atoms with Gasteiger partial charge in [-0.05, 0) is 23.1 Å². The van der Waals surface area contributed by atoms with Crippen LogP contribution in [0.2, 0.25) is 0 Å². The highest BCUT2D eigenvalue weighted by molar-refractivity contribution is 5.78. The predicted molar refractivity (Wildman–Crippen MR) is 68.4 cm³/mol. The maximum atomic E-state index is 11.8. The van der Waals surface area contributed by atoms with Crippen molar-refractivity contribution in [1.82, 2.24) is 10.3 Å². The number of nitrogens with one attached hydrogen (secondary N) is 1. The van der Waals surface area contributed by atoms with Gasteiger partial charge in [-0.2, -0.15) is 0 Å². The van der Waals surface area contributed by atoms with E-state index >= 15 is 0 Å². The summed E-state index contributed by atoms with van der Waals surface area (Å²) in [4.78, 5) is 15.8. The molecule has 4 nitrogen and oxygen atoms in total. The predicted octanol–water partition coefficient (Wildman–Crippen LogP) is 1.11. The first kappa shape index (κ1) is 13.6. The number of nitrogens with two attached hydrogens (primary N) is 1. The third-order valence-electron chi connectivity index (χ3n) is 2.73. The van der Waals surface area contributed by atoms with Crippen LogP contribution >= 0.6 is 0 Å². The number of carbonyl (C=O) groups is 1. The van der Waals surface area contributed by atoms with Gasteiger partial charge in [0, 0.05) is 25.0 Å². The van der Waals surface area contributed by atoms with Gasteiger partial charge >= 0.3 is 0 Å². The van der Waals surface area contributed by atoms with Crippen LogP contribution in [0.1, 0.15) is 26.3 Å². The van der Waals surface area contributed by atoms with E-state index in [4.69, 9.17) is 5.73 Å². The number of rotatable bonds is 4. The van der Waals surface area contributed by atoms with E-state index in [0.717, 1.165) is 5.56 Å². The third kappa shape index (κ3) is 4.53. The molecule has 0 radical (unpaired) electrons. The van der Waals surface area contributed by atoms with E-state index in [0.29, 0.717) is 13.0 Å². The van der Waals surface area contributed by atoms with Crippen molar-refractivity contribution >= 4 is 5.91 Å². The lowest BCUT2D eigenvalue weighted by atomic mass is 9.86. The Morgan fingerprint density at radius 1 is 1.41 bits per heavy atom. The Bertz CT molecular complexity index is 357. The molecular formula is C13H21N3O. The molecule has 1 heterocycles. The van der Waals surface area contributed by atoms with Crippen LogP contribution < -0.4 is 11.1 Å². The summed E-state index contributed by atoms with van der Waals surface area (Å²) in [5, 5.41) is 2.97. The van der Waals surface area contributed by atoms with E-state index in [1.54, 1.807) is 12.4 Å². The number of hydrogen-bond donors (Lipinski definition) is 2. The number of aromatic nitrogens is 1. The fourth-order valence-electron chi connectivity index (χ4n) is 1.56. The molecule has 94 valence electrons. The highest BCUT2D eigenvalue weighted by Crippen LogP contribution is 2.18. The van der Waals surface area contributed by atoms with E-state index in [2.05, 4.69) is 31.1 Å². The van der Waals surface area contributed by atoms with Gasteiger partial charge in [-0.15, -0.1) is 0 Å². The average molecular weight is 235 g/mol. The van der Waals surface area contributed by atoms with E-state index in [1.807, 2.05) is 12.1 Å². The molecule has 0 saturated heterocycles. The van der Waals surface area contributed by atoms with Crippen molar-refractivity contribution in [2.45, 2.75) is 33.2 Å². The molecule has 0 spiro atoms. The van der Waals surface area contributed by atoms with Crippen molar-refractivity contribution in [2.75, 3.05) is 6.54 Å². The Balaban J connectivity index is 2.55. The van der Waals surface area contributed by atoms with Gasteiger partial charge in [0.1, 0.15) is 0 Å². The zero-order valence-corrected chi connectivity index (χ0v) is 10.7. The monoisotopic (exact) mass is 235 g/mol. The zero-order valence-electron chi connectivity index (χ0n) is 10.7. The van der Waals surface area contributed by atoms with Crippen molar-refractivity contribution in [1.29, 1.82) is 0 Å². The molecule has 0 fully saturated rings. The van der Waals surface area contributed by atoms with Crippen LogP contribution in [-0.4, -0.2) is 23.5 Å². The minimum Gasteiger partial charge on any atom is -0.351 e. The SMILES string of the molecule is CC(C)(C)C(CN)NC(=O)Cc1ccncc1. The van der Waals surface area contributed by atoms with Crippen LogP contribution in [-0.2, 0) is 11.2 Å². The molecule has 0 aliphatic rings. The largest absolute Gasteiger partial charge is 0.351 e. The number of pyridine rings is 1. The van der Waals surface area contributed by atoms with Crippen LogP contribution in [0.25, 0.3) is 0 Å². The van der Waals surface area contributed by atoms with Gasteiger partial charge in [-0.25, -0.2) is 0 Å². The quantitative estimate of drug-likeness (QED) is 0.821. The van der Waals surface area contributed by atoms with Crippen LogP contribution in [0.15, 0.2) is 24.5 Å². The Morgan fingerprint density at radius 2 is 2.00 bits per heavy atom. The second kappa shape index (κ2) is 5.77. The highest BCUT2D eigenvalue weighted by Gasteiger charge is 2.24. The molecule has 0 aromatic carbocycles. The summed E-state index contributed by atoms with van der Waals surface area (Å²) in [6.45, 7) is 6.65. The molecular weight excluding hydrogens is 214 g/mol. The Kier molecular flexibility index (Phi) is 4.63. The van der Waals surface area contributed by atoms with Crippen LogP contribution in [0.4, 0.5) is 0 Å². The second-order valence-corrected chi connectivity index (χ2v) is 5.25. The molecule has 1 unspecified atom stereocenters. The minimum atomic E-state index is -0.0251. The lowest BCUT2D eigenvalue weighted by Gasteiger charge is -2.30. The Morgan fingerprint density at radius 3 is 2.47 bits per heavy atom. The van der Waals surface area contributed by atoms with E-state index in [-0.39, 0.29) is 17.4 Å². The fourth-order valence-corrected chi connectivity index (χ4v) is 1.56. The van der Waals surface area contributed by atoms with Gasteiger partial charge in [0.25, 0.3) is 0 Å². The molecule has 1 amide bonds. The smallest absolute Gasteiger partial charge is 0.224 e. The first-order valence-electron chi connectivity index (χ1n) is 5.82. The molecule has 4 heteroatoms. The number of amides is 1. The van der Waals surface area contributed by atoms with Gasteiger partial charge in [0.15, 0.2) is 0 Å². The second-order valence-electron chi connectivity index (χ2n) is 5.25. The summed E-state index contributed by atoms with van der Waals surface area (Å²) in [5.74, 6) is 0.00146. The van der Waals surface area contributed by atoms with Gasteiger partial charge in [0.05, 0.1) is 6.42 Å². The lowest BCUT2D eigenvalue weighted by Crippen LogP contribution is -2.48. The number of carbonyl (C=O) groups excluding carboxylic acids is 1. The Labute approximate surface area is 103 Å². The van der Waals surface area contributed by atoms with Crippen LogP contribution in [0, 0.1) is 5.41 Å². The van der Waals surface area contributed by atoms with Crippen LogP contribution in [0.3, 0.4) is 0 Å². The molecule has 1 atom stereocenters. The zero-order chi connectivity index (χ0) is 12.9. The van der Waals surface area contributed by atoms with Crippen LogP contribution in [0.5, 0.6) is 0 Å². The summed E-state index contributed by atoms with van der Waals surface area (Å²) in [6.07, 6.45) is 3.74. The summed E-state index contributed by atoms with van der Waals surface area (Å²) in [7, 11) is 0. The van der Waals surface area contributed by atoms with Crippen molar-refractivity contribution in [3.05, 3.63) is 30.1 Å². The maximum absolute atomic E-state index is 11.8. The molecule has 1 aromatic rings.